The third-order valence-corrected chi connectivity index (χ3v) is 2.53. The van der Waals surface area contributed by atoms with E-state index in [2.05, 4.69) is 10.6 Å². The predicted octanol–water partition coefficient (Wildman–Crippen LogP) is 1.15. The summed E-state index contributed by atoms with van der Waals surface area (Å²) in [7, 11) is 0. The highest BCUT2D eigenvalue weighted by Gasteiger charge is 2.08. The zero-order chi connectivity index (χ0) is 14.4. The Morgan fingerprint density at radius 3 is 2.53 bits per heavy atom. The zero-order valence-electron chi connectivity index (χ0n) is 11.2. The normalized spacial score (nSPS) is 10.3. The quantitative estimate of drug-likeness (QED) is 0.577. The van der Waals surface area contributed by atoms with Crippen LogP contribution in [0.25, 0.3) is 0 Å². The van der Waals surface area contributed by atoms with Crippen LogP contribution < -0.4 is 22.1 Å². The lowest BCUT2D eigenvalue weighted by atomic mass is 10.2. The van der Waals surface area contributed by atoms with Crippen LogP contribution in [-0.4, -0.2) is 18.4 Å². The minimum atomic E-state index is -0.369. The van der Waals surface area contributed by atoms with Crippen LogP contribution in [0.3, 0.4) is 0 Å². The molecule has 2 amide bonds. The van der Waals surface area contributed by atoms with Crippen LogP contribution in [0.15, 0.2) is 18.2 Å². The monoisotopic (exact) mass is 264 g/mol. The Bertz CT molecular complexity index is 472. The van der Waals surface area contributed by atoms with Gasteiger partial charge in [0.25, 0.3) is 0 Å². The van der Waals surface area contributed by atoms with Gasteiger partial charge in [-0.05, 0) is 18.2 Å². The minimum absolute atomic E-state index is 0.0613. The first-order chi connectivity index (χ1) is 8.90. The lowest BCUT2D eigenvalue weighted by Gasteiger charge is -2.12. The molecule has 0 bridgehead atoms. The zero-order valence-corrected chi connectivity index (χ0v) is 11.2. The van der Waals surface area contributed by atoms with Gasteiger partial charge in [-0.2, -0.15) is 0 Å². The standard InChI is InChI=1S/C13H20N4O2/c1-8(2)13(19)17-9-3-4-11(10(14)7-9)16-6-5-12(15)18/h3-4,7-8,16H,5-6,14H2,1-2H3,(H2,15,18)(H,17,19). The van der Waals surface area contributed by atoms with Gasteiger partial charge in [-0.15, -0.1) is 0 Å². The fourth-order valence-corrected chi connectivity index (χ4v) is 1.41. The second-order valence-corrected chi connectivity index (χ2v) is 4.59. The van der Waals surface area contributed by atoms with E-state index < -0.39 is 0 Å². The highest BCUT2D eigenvalue weighted by molar-refractivity contribution is 5.93. The second kappa shape index (κ2) is 6.63. The van der Waals surface area contributed by atoms with Crippen LogP contribution in [-0.2, 0) is 9.59 Å². The molecule has 0 aliphatic carbocycles. The topological polar surface area (TPSA) is 110 Å². The number of nitrogens with two attached hydrogens (primary N) is 2. The molecule has 0 aliphatic heterocycles. The Labute approximate surface area is 112 Å². The molecule has 0 aromatic heterocycles. The Hall–Kier alpha value is -2.24. The Kier molecular flexibility index (Phi) is 5.17. The summed E-state index contributed by atoms with van der Waals surface area (Å²) in [6.07, 6.45) is 0.241. The van der Waals surface area contributed by atoms with Gasteiger partial charge in [-0.1, -0.05) is 13.8 Å². The number of nitrogens with one attached hydrogen (secondary N) is 2. The summed E-state index contributed by atoms with van der Waals surface area (Å²) in [5.74, 6) is -0.518. The van der Waals surface area contributed by atoms with Crippen molar-refractivity contribution in [1.82, 2.24) is 0 Å². The van der Waals surface area contributed by atoms with Crippen molar-refractivity contribution in [2.45, 2.75) is 20.3 Å². The van der Waals surface area contributed by atoms with E-state index in [0.717, 1.165) is 0 Å². The van der Waals surface area contributed by atoms with Gasteiger partial charge in [-0.25, -0.2) is 0 Å². The van der Waals surface area contributed by atoms with Crippen LogP contribution >= 0.6 is 0 Å². The molecule has 0 atom stereocenters. The summed E-state index contributed by atoms with van der Waals surface area (Å²) in [5.41, 5.74) is 12.8. The molecule has 1 rings (SSSR count). The van der Waals surface area contributed by atoms with Crippen LogP contribution in [0.2, 0.25) is 0 Å². The van der Waals surface area contributed by atoms with E-state index in [1.165, 1.54) is 0 Å². The van der Waals surface area contributed by atoms with Gasteiger partial charge >= 0.3 is 0 Å². The van der Waals surface area contributed by atoms with Gasteiger partial charge in [0, 0.05) is 24.6 Å². The molecule has 0 unspecified atom stereocenters. The van der Waals surface area contributed by atoms with E-state index in [1.807, 2.05) is 13.8 Å². The van der Waals surface area contributed by atoms with Crippen LogP contribution in [0.1, 0.15) is 20.3 Å². The summed E-state index contributed by atoms with van der Waals surface area (Å²) in [5, 5.41) is 5.77. The van der Waals surface area contributed by atoms with E-state index in [9.17, 15) is 9.59 Å². The summed E-state index contributed by atoms with van der Waals surface area (Å²) in [4.78, 5) is 22.2. The molecule has 19 heavy (non-hydrogen) atoms. The van der Waals surface area contributed by atoms with Gasteiger partial charge in [0.2, 0.25) is 11.8 Å². The third kappa shape index (κ3) is 4.87. The largest absolute Gasteiger partial charge is 0.397 e. The van der Waals surface area contributed by atoms with Crippen LogP contribution in [0.5, 0.6) is 0 Å². The fraction of sp³-hybridized carbons (Fsp3) is 0.385. The number of primary amides is 1. The van der Waals surface area contributed by atoms with Crippen molar-refractivity contribution in [3.8, 4) is 0 Å². The van der Waals surface area contributed by atoms with Crippen molar-refractivity contribution in [3.63, 3.8) is 0 Å². The highest BCUT2D eigenvalue weighted by atomic mass is 16.2. The maximum atomic E-state index is 11.5. The van der Waals surface area contributed by atoms with Gasteiger partial charge in [0.1, 0.15) is 0 Å². The van der Waals surface area contributed by atoms with Gasteiger partial charge in [0.15, 0.2) is 0 Å². The second-order valence-electron chi connectivity index (χ2n) is 4.59. The van der Waals surface area contributed by atoms with Crippen LogP contribution in [0, 0.1) is 5.92 Å². The fourth-order valence-electron chi connectivity index (χ4n) is 1.41. The third-order valence-electron chi connectivity index (χ3n) is 2.53. The first-order valence-electron chi connectivity index (χ1n) is 6.12. The van der Waals surface area contributed by atoms with Crippen molar-refractivity contribution >= 4 is 28.9 Å². The van der Waals surface area contributed by atoms with E-state index in [4.69, 9.17) is 11.5 Å². The molecule has 0 spiro atoms. The molecule has 0 fully saturated rings. The van der Waals surface area contributed by atoms with E-state index >= 15 is 0 Å². The molecular formula is C13H20N4O2. The van der Waals surface area contributed by atoms with E-state index in [-0.39, 0.29) is 24.2 Å². The maximum absolute atomic E-state index is 11.5. The highest BCUT2D eigenvalue weighted by Crippen LogP contribution is 2.23. The molecule has 1 aromatic carbocycles. The first-order valence-corrected chi connectivity index (χ1v) is 6.12. The van der Waals surface area contributed by atoms with Crippen molar-refractivity contribution in [1.29, 1.82) is 0 Å². The van der Waals surface area contributed by atoms with Gasteiger partial charge in [-0.3, -0.25) is 9.59 Å². The van der Waals surface area contributed by atoms with Crippen molar-refractivity contribution < 1.29 is 9.59 Å². The Balaban J connectivity index is 2.64. The van der Waals surface area contributed by atoms with Crippen molar-refractivity contribution in [2.24, 2.45) is 11.7 Å². The van der Waals surface area contributed by atoms with Gasteiger partial charge in [0.05, 0.1) is 11.4 Å². The summed E-state index contributed by atoms with van der Waals surface area (Å²) >= 11 is 0. The first kappa shape index (κ1) is 14.8. The predicted molar refractivity (Wildman–Crippen MR) is 76.6 cm³/mol. The van der Waals surface area contributed by atoms with Gasteiger partial charge < -0.3 is 22.1 Å². The molecule has 6 N–H and O–H groups in total. The molecule has 0 radical (unpaired) electrons. The number of carbonyl (C=O) groups excluding carboxylic acids is 2. The molecule has 0 heterocycles. The molecule has 1 aromatic rings. The number of nitrogen functional groups attached to an aromatic ring is 1. The molecule has 0 aliphatic rings. The number of carbonyl (C=O) groups is 2. The lowest BCUT2D eigenvalue weighted by molar-refractivity contribution is -0.119. The average molecular weight is 264 g/mol. The van der Waals surface area contributed by atoms with Crippen LogP contribution in [0.4, 0.5) is 17.1 Å². The van der Waals surface area contributed by atoms with E-state index in [0.29, 0.717) is 23.6 Å². The number of hydrogen-bond acceptors (Lipinski definition) is 4. The molecule has 104 valence electrons. The molecular weight excluding hydrogens is 244 g/mol. The number of benzene rings is 1. The minimum Gasteiger partial charge on any atom is -0.397 e. The maximum Gasteiger partial charge on any atom is 0.226 e. The molecule has 6 heteroatoms. The summed E-state index contributed by atoms with van der Waals surface area (Å²) < 4.78 is 0. The van der Waals surface area contributed by atoms with E-state index in [1.54, 1.807) is 18.2 Å². The molecule has 6 nitrogen and oxygen atoms in total. The smallest absolute Gasteiger partial charge is 0.226 e. The average Bonchev–Trinajstić information content (AvgIpc) is 2.31. The molecule has 0 saturated heterocycles. The summed E-state index contributed by atoms with van der Waals surface area (Å²) in [6.45, 7) is 4.06. The van der Waals surface area contributed by atoms with Crippen molar-refractivity contribution in [2.75, 3.05) is 22.9 Å². The van der Waals surface area contributed by atoms with Crippen molar-refractivity contribution in [3.05, 3.63) is 18.2 Å². The number of hydrogen-bond donors (Lipinski definition) is 4. The molecule has 0 saturated carbocycles. The number of amides is 2. The SMILES string of the molecule is CC(C)C(=O)Nc1ccc(NCCC(N)=O)c(N)c1. The Morgan fingerprint density at radius 2 is 2.00 bits per heavy atom. The number of rotatable bonds is 6. The Morgan fingerprint density at radius 1 is 1.32 bits per heavy atom. The lowest BCUT2D eigenvalue weighted by Crippen LogP contribution is -2.18. The summed E-state index contributed by atoms with van der Waals surface area (Å²) in [6, 6.07) is 5.18. The number of anilines is 3.